The minimum absolute atomic E-state index is 0. The van der Waals surface area contributed by atoms with Gasteiger partial charge in [-0.3, -0.25) is 0 Å². The van der Waals surface area contributed by atoms with Crippen LogP contribution in [-0.2, 0) is 20.4 Å². The summed E-state index contributed by atoms with van der Waals surface area (Å²) in [4.78, 5) is 0. The van der Waals surface area contributed by atoms with Crippen LogP contribution >= 0.6 is 0 Å². The van der Waals surface area contributed by atoms with E-state index in [1.807, 2.05) is 0 Å². The summed E-state index contributed by atoms with van der Waals surface area (Å²) in [5, 5.41) is 0. The molecule has 0 saturated heterocycles. The second kappa shape index (κ2) is 219. The van der Waals surface area contributed by atoms with E-state index in [2.05, 4.69) is 0 Å². The standard InChI is InChI=1S/4H2O.Re/h4*1H2;/i;;;;1+0. The summed E-state index contributed by atoms with van der Waals surface area (Å²) in [6, 6.07) is 0. The van der Waals surface area contributed by atoms with Gasteiger partial charge >= 0.3 is 0 Å². The fourth-order valence-corrected chi connectivity index (χ4v) is 0. The Morgan fingerprint density at radius 1 is 0.400 bits per heavy atom. The van der Waals surface area contributed by atoms with Gasteiger partial charge in [0.25, 0.3) is 0 Å². The van der Waals surface area contributed by atoms with Gasteiger partial charge in [0.2, 0.25) is 0 Å². The first-order chi connectivity index (χ1) is 0. The van der Waals surface area contributed by atoms with Crippen molar-refractivity contribution < 1.29 is 42.3 Å². The Morgan fingerprint density at radius 2 is 0.400 bits per heavy atom. The molecule has 0 atom stereocenters. The Hall–Kier alpha value is 0.502. The molecule has 8 N–H and O–H groups in total. The SMILES string of the molecule is O.O.O.O.[186Re]. The van der Waals surface area contributed by atoms with E-state index in [0.29, 0.717) is 0 Å². The van der Waals surface area contributed by atoms with E-state index in [9.17, 15) is 0 Å². The van der Waals surface area contributed by atoms with Crippen LogP contribution in [0.1, 0.15) is 0 Å². The van der Waals surface area contributed by atoms with Crippen LogP contribution in [0.15, 0.2) is 0 Å². The van der Waals surface area contributed by atoms with Gasteiger partial charge in [0, 0.05) is 20.4 Å². The quantitative estimate of drug-likeness (QED) is 0.431. The fourth-order valence-electron chi connectivity index (χ4n) is 0. The van der Waals surface area contributed by atoms with E-state index in [-0.39, 0.29) is 42.3 Å². The molecule has 0 amide bonds. The Kier molecular flexibility index (Phi) is 19300. The van der Waals surface area contributed by atoms with Crippen molar-refractivity contribution in [1.82, 2.24) is 0 Å². The van der Waals surface area contributed by atoms with Gasteiger partial charge in [0.05, 0.1) is 0 Å². The summed E-state index contributed by atoms with van der Waals surface area (Å²) >= 11 is 0. The first-order valence-corrected chi connectivity index (χ1v) is 0. The van der Waals surface area contributed by atoms with Crippen LogP contribution in [0.2, 0.25) is 0 Å². The maximum Gasteiger partial charge on any atom is 0 e. The van der Waals surface area contributed by atoms with Crippen molar-refractivity contribution in [1.29, 1.82) is 0 Å². The van der Waals surface area contributed by atoms with E-state index in [0.717, 1.165) is 0 Å². The molecule has 0 aliphatic carbocycles. The molecule has 0 aromatic heterocycles. The Balaban J connectivity index is 0. The largest absolute Gasteiger partial charge is 0.412 e. The predicted octanol–water partition coefficient (Wildman–Crippen LogP) is -3.30. The van der Waals surface area contributed by atoms with Gasteiger partial charge in [-0.1, -0.05) is 0 Å². The molecule has 0 unspecified atom stereocenters. The van der Waals surface area contributed by atoms with Crippen molar-refractivity contribution in [3.05, 3.63) is 0 Å². The van der Waals surface area contributed by atoms with Crippen LogP contribution in [0.4, 0.5) is 0 Å². The van der Waals surface area contributed by atoms with Gasteiger partial charge in [-0.25, -0.2) is 0 Å². The minimum atomic E-state index is 0. The molecule has 5 heavy (non-hydrogen) atoms. The van der Waals surface area contributed by atoms with Crippen LogP contribution in [0, 0.1) is 0 Å². The smallest absolute Gasteiger partial charge is 0 e. The van der Waals surface area contributed by atoms with Crippen LogP contribution in [0.3, 0.4) is 0 Å². The molecule has 0 aliphatic heterocycles. The normalized spacial score (nSPS) is 0. The van der Waals surface area contributed by atoms with Gasteiger partial charge in [-0.2, -0.15) is 0 Å². The molecule has 0 spiro atoms. The predicted molar refractivity (Wildman–Crippen MR) is 14.5 cm³/mol. The van der Waals surface area contributed by atoms with Gasteiger partial charge < -0.3 is 21.9 Å². The summed E-state index contributed by atoms with van der Waals surface area (Å²) in [5.41, 5.74) is 0. The second-order valence-corrected chi connectivity index (χ2v) is 0. The van der Waals surface area contributed by atoms with Crippen molar-refractivity contribution in [2.24, 2.45) is 0 Å². The van der Waals surface area contributed by atoms with Crippen molar-refractivity contribution in [2.45, 2.75) is 0 Å². The first kappa shape index (κ1) is 442. The van der Waals surface area contributed by atoms with E-state index < -0.39 is 0 Å². The summed E-state index contributed by atoms with van der Waals surface area (Å²) in [6.07, 6.45) is 0. The van der Waals surface area contributed by atoms with Crippen LogP contribution in [0.25, 0.3) is 0 Å². The van der Waals surface area contributed by atoms with Crippen LogP contribution in [-0.4, -0.2) is 21.9 Å². The van der Waals surface area contributed by atoms with E-state index in [1.54, 1.807) is 0 Å². The molecule has 0 heterocycles. The molecule has 0 saturated carbocycles. The number of hydrogen-bond donors (Lipinski definition) is 0. The molecule has 39 valence electrons. The average molecular weight is 258 g/mol. The zero-order valence-corrected chi connectivity index (χ0v) is 5.09. The molecule has 5 heteroatoms. The van der Waals surface area contributed by atoms with E-state index in [1.165, 1.54) is 0 Å². The van der Waals surface area contributed by atoms with Crippen molar-refractivity contribution >= 4 is 0 Å². The van der Waals surface area contributed by atoms with Gasteiger partial charge in [0.1, 0.15) is 0 Å². The summed E-state index contributed by atoms with van der Waals surface area (Å²) in [7, 11) is 0. The molecule has 0 aromatic rings. The summed E-state index contributed by atoms with van der Waals surface area (Å²) < 4.78 is 0. The summed E-state index contributed by atoms with van der Waals surface area (Å²) in [5.74, 6) is 0. The molecule has 0 rings (SSSR count). The van der Waals surface area contributed by atoms with Crippen molar-refractivity contribution in [2.75, 3.05) is 0 Å². The third-order valence-corrected chi connectivity index (χ3v) is 0. The second-order valence-electron chi connectivity index (χ2n) is 0. The first-order valence-electron chi connectivity index (χ1n) is 0. The zero-order chi connectivity index (χ0) is 0. The third-order valence-electron chi connectivity index (χ3n) is 0. The molecule has 4 nitrogen and oxygen atoms in total. The molecule has 0 bridgehead atoms. The molecular weight excluding hydrogens is 250 g/mol. The Morgan fingerprint density at radius 3 is 0.400 bits per heavy atom. The fraction of sp³-hybridized carbons (Fsp3) is 0. The van der Waals surface area contributed by atoms with Crippen molar-refractivity contribution in [3.8, 4) is 0 Å². The summed E-state index contributed by atoms with van der Waals surface area (Å²) in [6.45, 7) is 0. The molecule has 0 aliphatic rings. The van der Waals surface area contributed by atoms with E-state index in [4.69, 9.17) is 0 Å². The molecular formula is H8O4Re. The third kappa shape index (κ3) is 112. The monoisotopic (exact) mass is 258 g/mol. The van der Waals surface area contributed by atoms with Crippen molar-refractivity contribution in [3.63, 3.8) is 0 Å². The molecule has 0 fully saturated rings. The van der Waals surface area contributed by atoms with Gasteiger partial charge in [0.15, 0.2) is 0 Å². The van der Waals surface area contributed by atoms with Gasteiger partial charge in [-0.05, 0) is 0 Å². The number of rotatable bonds is 0. The maximum absolute atomic E-state index is 0. The van der Waals surface area contributed by atoms with Crippen LogP contribution < -0.4 is 0 Å². The molecule has 1 radical (unpaired) electrons. The zero-order valence-electron chi connectivity index (χ0n) is 2.38. The van der Waals surface area contributed by atoms with Crippen LogP contribution in [0.5, 0.6) is 0 Å². The Bertz CT molecular complexity index is 3.61. The van der Waals surface area contributed by atoms with Gasteiger partial charge in [-0.15, -0.1) is 0 Å². The topological polar surface area (TPSA) is 126 Å². The minimum Gasteiger partial charge on any atom is -0.412 e. The number of hydrogen-bond acceptors (Lipinski definition) is 0. The maximum atomic E-state index is 0. The Labute approximate surface area is 43.1 Å². The average Bonchev–Trinajstić information content (AvgIpc) is 0. The molecule has 0 aromatic carbocycles. The van der Waals surface area contributed by atoms with E-state index >= 15 is 0 Å².